The van der Waals surface area contributed by atoms with Crippen LogP contribution in [0.5, 0.6) is 0 Å². The summed E-state index contributed by atoms with van der Waals surface area (Å²) in [6, 6.07) is 6.54. The predicted octanol–water partition coefficient (Wildman–Crippen LogP) is 4.11. The number of hydrogen-bond acceptors (Lipinski definition) is 6. The Hall–Kier alpha value is -2.90. The predicted molar refractivity (Wildman–Crippen MR) is 133 cm³/mol. The molecule has 1 aromatic carbocycles. The molecule has 2 N–H and O–H groups in total. The Labute approximate surface area is 190 Å². The average Bonchev–Trinajstić information content (AvgIpc) is 3.18. The molecular formula is C25H34N6O. The van der Waals surface area contributed by atoms with Gasteiger partial charge in [-0.05, 0) is 42.7 Å². The molecular weight excluding hydrogens is 400 g/mol. The van der Waals surface area contributed by atoms with E-state index >= 15 is 0 Å². The maximum absolute atomic E-state index is 5.44. The molecule has 0 unspecified atom stereocenters. The summed E-state index contributed by atoms with van der Waals surface area (Å²) in [5.41, 5.74) is 4.30. The summed E-state index contributed by atoms with van der Waals surface area (Å²) in [7, 11) is 4.10. The van der Waals surface area contributed by atoms with Gasteiger partial charge in [0.05, 0.1) is 18.6 Å². The van der Waals surface area contributed by atoms with E-state index in [-0.39, 0.29) is 0 Å². The van der Waals surface area contributed by atoms with Crippen LogP contribution in [0.15, 0.2) is 42.9 Å². The zero-order valence-corrected chi connectivity index (χ0v) is 19.4. The molecule has 0 saturated carbocycles. The van der Waals surface area contributed by atoms with Crippen LogP contribution in [0.25, 0.3) is 27.5 Å². The van der Waals surface area contributed by atoms with Crippen molar-refractivity contribution in [1.82, 2.24) is 24.8 Å². The van der Waals surface area contributed by atoms with Crippen LogP contribution < -0.4 is 5.32 Å². The normalized spacial score (nSPS) is 15.8. The Kier molecular flexibility index (Phi) is 7.39. The maximum Gasteiger partial charge on any atom is 0.143 e. The molecule has 0 radical (unpaired) electrons. The quantitative estimate of drug-likeness (QED) is 0.390. The van der Waals surface area contributed by atoms with Gasteiger partial charge in [-0.25, -0.2) is 9.97 Å². The zero-order valence-electron chi connectivity index (χ0n) is 19.4. The molecule has 32 heavy (non-hydrogen) atoms. The fraction of sp³-hybridized carbons (Fsp3) is 0.440. The molecule has 7 heteroatoms. The highest BCUT2D eigenvalue weighted by Gasteiger charge is 2.13. The fourth-order valence-electron chi connectivity index (χ4n) is 4.11. The topological polar surface area (TPSA) is 69.3 Å². The van der Waals surface area contributed by atoms with Crippen molar-refractivity contribution in [3.05, 3.63) is 48.4 Å². The average molecular weight is 435 g/mol. The lowest BCUT2D eigenvalue weighted by molar-refractivity contribution is 0.0378. The van der Waals surface area contributed by atoms with Crippen molar-refractivity contribution in [1.29, 1.82) is 0 Å². The number of H-pyrrole nitrogens is 1. The molecule has 1 saturated heterocycles. The summed E-state index contributed by atoms with van der Waals surface area (Å²) in [4.78, 5) is 17.1. The van der Waals surface area contributed by atoms with E-state index in [2.05, 4.69) is 87.6 Å². The molecule has 0 bridgehead atoms. The third kappa shape index (κ3) is 5.29. The highest BCUT2D eigenvalue weighted by atomic mass is 16.5. The van der Waals surface area contributed by atoms with Crippen molar-refractivity contribution in [2.24, 2.45) is 0 Å². The monoisotopic (exact) mass is 434 g/mol. The van der Waals surface area contributed by atoms with Crippen LogP contribution in [0.3, 0.4) is 0 Å². The smallest absolute Gasteiger partial charge is 0.143 e. The third-order valence-electron chi connectivity index (χ3n) is 5.70. The van der Waals surface area contributed by atoms with Crippen LogP contribution in [0, 0.1) is 0 Å². The fourth-order valence-corrected chi connectivity index (χ4v) is 4.11. The summed E-state index contributed by atoms with van der Waals surface area (Å²) in [6.07, 6.45) is 10.2. The Balaban J connectivity index is 1.59. The molecule has 0 amide bonds. The van der Waals surface area contributed by atoms with Gasteiger partial charge in [-0.15, -0.1) is 0 Å². The van der Waals surface area contributed by atoms with Crippen LogP contribution in [-0.4, -0.2) is 78.2 Å². The number of aromatic nitrogens is 3. The second kappa shape index (κ2) is 10.6. The van der Waals surface area contributed by atoms with Crippen molar-refractivity contribution in [3.63, 3.8) is 0 Å². The van der Waals surface area contributed by atoms with E-state index in [1.165, 1.54) is 11.1 Å². The van der Waals surface area contributed by atoms with Gasteiger partial charge in [-0.1, -0.05) is 25.1 Å². The van der Waals surface area contributed by atoms with Gasteiger partial charge < -0.3 is 19.9 Å². The number of anilines is 1. The number of aromatic amines is 1. The zero-order chi connectivity index (χ0) is 22.3. The Morgan fingerprint density at radius 2 is 2.09 bits per heavy atom. The molecule has 2 aromatic heterocycles. The summed E-state index contributed by atoms with van der Waals surface area (Å²) < 4.78 is 5.44. The number of hydrogen-bond donors (Lipinski definition) is 2. The Morgan fingerprint density at radius 1 is 1.25 bits per heavy atom. The molecule has 1 aliphatic heterocycles. The number of fused-ring (bicyclic) bond motifs is 3. The SMILES string of the molecule is CC/C=C/C(=C\N(C)C)c1ccc2[nH]c3ncnc(NCCCN4CCOCC4)c3c2c1. The molecule has 1 fully saturated rings. The maximum atomic E-state index is 5.44. The second-order valence-electron chi connectivity index (χ2n) is 8.42. The van der Waals surface area contributed by atoms with Crippen LogP contribution in [0.2, 0.25) is 0 Å². The lowest BCUT2D eigenvalue weighted by atomic mass is 10.0. The molecule has 3 heterocycles. The van der Waals surface area contributed by atoms with Gasteiger partial charge in [0.25, 0.3) is 0 Å². The van der Waals surface area contributed by atoms with Crippen LogP contribution in [-0.2, 0) is 4.74 Å². The lowest BCUT2D eigenvalue weighted by Gasteiger charge is -2.26. The molecule has 3 aromatic rings. The lowest BCUT2D eigenvalue weighted by Crippen LogP contribution is -2.37. The van der Waals surface area contributed by atoms with Gasteiger partial charge in [-0.2, -0.15) is 0 Å². The first-order valence-electron chi connectivity index (χ1n) is 11.5. The van der Waals surface area contributed by atoms with Gasteiger partial charge in [-0.3, -0.25) is 4.90 Å². The molecule has 170 valence electrons. The highest BCUT2D eigenvalue weighted by Crippen LogP contribution is 2.31. The number of rotatable bonds is 9. The number of ether oxygens (including phenoxy) is 1. The molecule has 0 aliphatic carbocycles. The molecule has 7 nitrogen and oxygen atoms in total. The first-order chi connectivity index (χ1) is 15.7. The van der Waals surface area contributed by atoms with Crippen LogP contribution in [0.1, 0.15) is 25.3 Å². The van der Waals surface area contributed by atoms with E-state index < -0.39 is 0 Å². The summed E-state index contributed by atoms with van der Waals surface area (Å²) in [5, 5.41) is 5.75. The molecule has 0 spiro atoms. The Morgan fingerprint density at radius 3 is 2.88 bits per heavy atom. The van der Waals surface area contributed by atoms with Gasteiger partial charge in [0.15, 0.2) is 0 Å². The minimum atomic E-state index is 0.843. The van der Waals surface area contributed by atoms with E-state index in [1.807, 2.05) is 0 Å². The van der Waals surface area contributed by atoms with Crippen LogP contribution in [0.4, 0.5) is 5.82 Å². The van der Waals surface area contributed by atoms with E-state index in [4.69, 9.17) is 4.74 Å². The van der Waals surface area contributed by atoms with Crippen molar-refractivity contribution >= 4 is 33.3 Å². The van der Waals surface area contributed by atoms with E-state index in [0.29, 0.717) is 0 Å². The molecule has 1 aliphatic rings. The standard InChI is InChI=1S/C25H34N6O/c1-4-5-7-20(17-30(2)3)19-8-9-22-21(16-19)23-24(27-18-28-25(23)29-22)26-10-6-11-31-12-14-32-15-13-31/h5,7-9,16-18H,4,6,10-15H2,1-3H3,(H2,26,27,28,29)/b7-5+,20-17+. The molecule has 4 rings (SSSR count). The van der Waals surface area contributed by atoms with Gasteiger partial charge >= 0.3 is 0 Å². The van der Waals surface area contributed by atoms with Gasteiger partial charge in [0.1, 0.15) is 17.8 Å². The third-order valence-corrected chi connectivity index (χ3v) is 5.70. The summed E-state index contributed by atoms with van der Waals surface area (Å²) in [6.45, 7) is 7.84. The van der Waals surface area contributed by atoms with E-state index in [0.717, 1.165) is 80.0 Å². The van der Waals surface area contributed by atoms with Crippen molar-refractivity contribution < 1.29 is 4.74 Å². The molecule has 0 atom stereocenters. The Bertz CT molecular complexity index is 1090. The number of allylic oxidation sites excluding steroid dienone is 3. The number of morpholine rings is 1. The minimum Gasteiger partial charge on any atom is -0.383 e. The van der Waals surface area contributed by atoms with Crippen molar-refractivity contribution in [2.45, 2.75) is 19.8 Å². The van der Waals surface area contributed by atoms with E-state index in [9.17, 15) is 0 Å². The van der Waals surface area contributed by atoms with Gasteiger partial charge in [0.2, 0.25) is 0 Å². The number of nitrogens with one attached hydrogen (secondary N) is 2. The second-order valence-corrected chi connectivity index (χ2v) is 8.42. The van der Waals surface area contributed by atoms with Crippen molar-refractivity contribution in [3.8, 4) is 0 Å². The first kappa shape index (κ1) is 22.3. The number of nitrogens with zero attached hydrogens (tertiary/aromatic N) is 4. The first-order valence-corrected chi connectivity index (χ1v) is 11.5. The summed E-state index contributed by atoms with van der Waals surface area (Å²) in [5.74, 6) is 0.891. The van der Waals surface area contributed by atoms with Gasteiger partial charge in [0, 0.05) is 50.8 Å². The largest absolute Gasteiger partial charge is 0.383 e. The van der Waals surface area contributed by atoms with E-state index in [1.54, 1.807) is 6.33 Å². The number of benzene rings is 1. The van der Waals surface area contributed by atoms with Crippen LogP contribution >= 0.6 is 0 Å². The van der Waals surface area contributed by atoms with Crippen molar-refractivity contribution in [2.75, 3.05) is 58.8 Å². The minimum absolute atomic E-state index is 0.843. The highest BCUT2D eigenvalue weighted by molar-refractivity contribution is 6.11. The summed E-state index contributed by atoms with van der Waals surface area (Å²) >= 11 is 0.